The summed E-state index contributed by atoms with van der Waals surface area (Å²) in [7, 11) is 0. The summed E-state index contributed by atoms with van der Waals surface area (Å²) in [6.45, 7) is 0. The fourth-order valence-electron chi connectivity index (χ4n) is 1.53. The van der Waals surface area contributed by atoms with E-state index in [0.29, 0.717) is 14.8 Å². The van der Waals surface area contributed by atoms with E-state index in [4.69, 9.17) is 11.6 Å². The van der Waals surface area contributed by atoms with Crippen molar-refractivity contribution in [3.8, 4) is 0 Å². The van der Waals surface area contributed by atoms with Crippen LogP contribution in [0.5, 0.6) is 0 Å². The zero-order valence-corrected chi connectivity index (χ0v) is 11.2. The van der Waals surface area contributed by atoms with Gasteiger partial charge in [-0.25, -0.2) is 4.79 Å². The fraction of sp³-hybridized carbons (Fsp3) is 0.0769. The number of hydrogen-bond donors (Lipinski definition) is 2. The lowest BCUT2D eigenvalue weighted by molar-refractivity contribution is -0.133. The highest BCUT2D eigenvalue weighted by atomic mass is 35.5. The maximum absolute atomic E-state index is 11.2. The van der Waals surface area contributed by atoms with Crippen molar-refractivity contribution in [2.75, 3.05) is 0 Å². The van der Waals surface area contributed by atoms with Crippen molar-refractivity contribution >= 4 is 35.0 Å². The van der Waals surface area contributed by atoms with Crippen LogP contribution in [0.1, 0.15) is 16.5 Å². The van der Waals surface area contributed by atoms with Crippen LogP contribution in [0.4, 0.5) is 0 Å². The second-order valence-electron chi connectivity index (χ2n) is 3.74. The molecule has 4 nitrogen and oxygen atoms in total. The van der Waals surface area contributed by atoms with Gasteiger partial charge in [-0.1, -0.05) is 17.7 Å². The number of nitrogens with zero attached hydrogens (tertiary/aromatic N) is 1. The Balaban J connectivity index is 2.36. The number of carboxylic acid groups (broad SMARTS) is 1. The quantitative estimate of drug-likeness (QED) is 0.851. The van der Waals surface area contributed by atoms with Crippen molar-refractivity contribution in [3.05, 3.63) is 57.0 Å². The molecule has 0 saturated heterocycles. The summed E-state index contributed by atoms with van der Waals surface area (Å²) in [5, 5.41) is 19.3. The number of hydrogen-bond acceptors (Lipinski definition) is 4. The lowest BCUT2D eigenvalue weighted by atomic mass is 10.0. The molecule has 0 bridgehead atoms. The highest BCUT2D eigenvalue weighted by Crippen LogP contribution is 2.28. The van der Waals surface area contributed by atoms with Crippen LogP contribution in [0.2, 0.25) is 4.34 Å². The smallest absolute Gasteiger partial charge is 0.334 e. The Morgan fingerprint density at radius 2 is 2.21 bits per heavy atom. The number of rotatable bonds is 4. The molecule has 0 aromatic carbocycles. The highest BCUT2D eigenvalue weighted by Gasteiger charge is 2.20. The van der Waals surface area contributed by atoms with Crippen LogP contribution in [0.25, 0.3) is 6.08 Å². The van der Waals surface area contributed by atoms with Crippen LogP contribution >= 0.6 is 22.9 Å². The summed E-state index contributed by atoms with van der Waals surface area (Å²) in [6.07, 6.45) is 3.17. The van der Waals surface area contributed by atoms with Crippen LogP contribution in [0.3, 0.4) is 0 Å². The normalized spacial score (nSPS) is 13.3. The van der Waals surface area contributed by atoms with Gasteiger partial charge in [-0.15, -0.1) is 11.3 Å². The van der Waals surface area contributed by atoms with Gasteiger partial charge in [0.1, 0.15) is 6.10 Å². The van der Waals surface area contributed by atoms with E-state index in [2.05, 4.69) is 4.98 Å². The average molecular weight is 296 g/mol. The molecule has 0 fully saturated rings. The van der Waals surface area contributed by atoms with E-state index in [0.717, 1.165) is 0 Å². The molecule has 0 aliphatic rings. The lowest BCUT2D eigenvalue weighted by Gasteiger charge is -2.11. The molecule has 1 unspecified atom stereocenters. The van der Waals surface area contributed by atoms with E-state index in [1.54, 1.807) is 30.5 Å². The van der Waals surface area contributed by atoms with Gasteiger partial charge in [0.2, 0.25) is 0 Å². The van der Waals surface area contributed by atoms with E-state index in [1.165, 1.54) is 23.6 Å². The Bertz CT molecular complexity index is 609. The van der Waals surface area contributed by atoms with Crippen molar-refractivity contribution in [1.82, 2.24) is 4.98 Å². The van der Waals surface area contributed by atoms with Gasteiger partial charge in [0.25, 0.3) is 0 Å². The molecular weight excluding hydrogens is 286 g/mol. The summed E-state index contributed by atoms with van der Waals surface area (Å²) < 4.78 is 0.562. The van der Waals surface area contributed by atoms with Crippen LogP contribution in [-0.4, -0.2) is 21.2 Å². The van der Waals surface area contributed by atoms with E-state index in [9.17, 15) is 15.0 Å². The molecule has 2 aromatic rings. The Kier molecular flexibility index (Phi) is 4.31. The van der Waals surface area contributed by atoms with Gasteiger partial charge in [0.05, 0.1) is 9.91 Å². The summed E-state index contributed by atoms with van der Waals surface area (Å²) in [5.74, 6) is -1.18. The molecule has 19 heavy (non-hydrogen) atoms. The number of aliphatic carboxylic acids is 1. The minimum atomic E-state index is -1.23. The molecule has 98 valence electrons. The lowest BCUT2D eigenvalue weighted by Crippen LogP contribution is -2.10. The molecule has 0 radical (unpaired) electrons. The SMILES string of the molecule is O=C(O)C(=Cc1ccc(Cl)s1)C(O)c1cccnc1. The molecule has 0 saturated carbocycles. The molecule has 6 heteroatoms. The number of thiophene rings is 1. The zero-order chi connectivity index (χ0) is 13.8. The first-order valence-corrected chi connectivity index (χ1v) is 6.55. The summed E-state index contributed by atoms with van der Waals surface area (Å²) in [5.41, 5.74) is 0.310. The molecular formula is C13H10ClNO3S. The number of halogens is 1. The second-order valence-corrected chi connectivity index (χ2v) is 5.48. The van der Waals surface area contributed by atoms with Gasteiger partial charge in [-0.3, -0.25) is 4.98 Å². The number of carbonyl (C=O) groups is 1. The summed E-state index contributed by atoms with van der Waals surface area (Å²) >= 11 is 7.03. The van der Waals surface area contributed by atoms with Crippen LogP contribution in [0.15, 0.2) is 42.2 Å². The first-order valence-electron chi connectivity index (χ1n) is 5.36. The molecule has 2 rings (SSSR count). The third kappa shape index (κ3) is 3.41. The van der Waals surface area contributed by atoms with Gasteiger partial charge in [0, 0.05) is 22.8 Å². The molecule has 2 aromatic heterocycles. The van der Waals surface area contributed by atoms with E-state index in [-0.39, 0.29) is 5.57 Å². The summed E-state index contributed by atoms with van der Waals surface area (Å²) in [6, 6.07) is 6.63. The Morgan fingerprint density at radius 1 is 1.42 bits per heavy atom. The van der Waals surface area contributed by atoms with Crippen LogP contribution in [-0.2, 0) is 4.79 Å². The third-order valence-corrected chi connectivity index (χ3v) is 3.61. The minimum Gasteiger partial charge on any atom is -0.478 e. The number of carboxylic acids is 1. The van der Waals surface area contributed by atoms with Crippen molar-refractivity contribution in [3.63, 3.8) is 0 Å². The molecule has 2 heterocycles. The van der Waals surface area contributed by atoms with Gasteiger partial charge in [-0.2, -0.15) is 0 Å². The second kappa shape index (κ2) is 5.97. The van der Waals surface area contributed by atoms with Crippen molar-refractivity contribution in [2.24, 2.45) is 0 Å². The van der Waals surface area contributed by atoms with Gasteiger partial charge >= 0.3 is 5.97 Å². The van der Waals surface area contributed by atoms with Crippen molar-refractivity contribution < 1.29 is 15.0 Å². The first-order chi connectivity index (χ1) is 9.08. The Morgan fingerprint density at radius 3 is 2.74 bits per heavy atom. The summed E-state index contributed by atoms with van der Waals surface area (Å²) in [4.78, 5) is 15.8. The molecule has 0 aliphatic carbocycles. The van der Waals surface area contributed by atoms with Gasteiger partial charge < -0.3 is 10.2 Å². The molecule has 0 spiro atoms. The molecule has 2 N–H and O–H groups in total. The standard InChI is InChI=1S/C13H10ClNO3S/c14-11-4-3-9(19-11)6-10(13(17)18)12(16)8-2-1-5-15-7-8/h1-7,12,16H,(H,17,18). The maximum Gasteiger partial charge on any atom is 0.334 e. The number of pyridine rings is 1. The number of aromatic nitrogens is 1. The minimum absolute atomic E-state index is 0.119. The predicted octanol–water partition coefficient (Wildman–Crippen LogP) is 3.00. The fourth-order valence-corrected chi connectivity index (χ4v) is 2.55. The highest BCUT2D eigenvalue weighted by molar-refractivity contribution is 7.17. The average Bonchev–Trinajstić information content (AvgIpc) is 2.81. The largest absolute Gasteiger partial charge is 0.478 e. The number of aliphatic hydroxyl groups excluding tert-OH is 1. The number of aliphatic hydroxyl groups is 1. The van der Waals surface area contributed by atoms with Gasteiger partial charge in [0.15, 0.2) is 0 Å². The van der Waals surface area contributed by atoms with E-state index in [1.807, 2.05) is 0 Å². The molecule has 0 amide bonds. The van der Waals surface area contributed by atoms with E-state index >= 15 is 0 Å². The van der Waals surface area contributed by atoms with E-state index < -0.39 is 12.1 Å². The predicted molar refractivity (Wildman–Crippen MR) is 74.1 cm³/mol. The molecule has 0 aliphatic heterocycles. The van der Waals surface area contributed by atoms with Crippen LogP contribution < -0.4 is 0 Å². The monoisotopic (exact) mass is 295 g/mol. The van der Waals surface area contributed by atoms with Crippen LogP contribution in [0, 0.1) is 0 Å². The zero-order valence-electron chi connectivity index (χ0n) is 9.65. The Labute approximate surface area is 118 Å². The van der Waals surface area contributed by atoms with Crippen molar-refractivity contribution in [1.29, 1.82) is 0 Å². The first kappa shape index (κ1) is 13.7. The molecule has 1 atom stereocenters. The van der Waals surface area contributed by atoms with Crippen molar-refractivity contribution in [2.45, 2.75) is 6.10 Å². The topological polar surface area (TPSA) is 70.4 Å². The third-order valence-electron chi connectivity index (χ3n) is 2.43. The van der Waals surface area contributed by atoms with Gasteiger partial charge in [-0.05, 0) is 24.3 Å². The Hall–Kier alpha value is -1.69. The maximum atomic E-state index is 11.2.